The van der Waals surface area contributed by atoms with Crippen LogP contribution in [0, 0.1) is 28.1 Å². The highest BCUT2D eigenvalue weighted by Crippen LogP contribution is 2.59. The molecule has 2 heterocycles. The largest absolute Gasteiger partial charge is 0.463 e. The minimum Gasteiger partial charge on any atom is -0.463 e. The fraction of sp³-hybridized carbons (Fsp3) is 0.895. The number of hydrogen-bond acceptors (Lipinski definition) is 11. The van der Waals surface area contributed by atoms with Gasteiger partial charge in [0.15, 0.2) is 0 Å². The maximum Gasteiger partial charge on any atom is 0.347 e. The lowest BCUT2D eigenvalue weighted by Crippen LogP contribution is -2.61. The van der Waals surface area contributed by atoms with Crippen LogP contribution in [0.15, 0.2) is 0 Å². The van der Waals surface area contributed by atoms with Gasteiger partial charge in [-0.2, -0.15) is 0 Å². The normalized spacial score (nSPS) is 33.7. The van der Waals surface area contributed by atoms with E-state index >= 15 is 0 Å². The first-order valence-electron chi connectivity index (χ1n) is 18.4. The summed E-state index contributed by atoms with van der Waals surface area (Å²) >= 11 is 0. The van der Waals surface area contributed by atoms with Crippen LogP contribution >= 0.6 is 0 Å². The molecule has 282 valence electrons. The summed E-state index contributed by atoms with van der Waals surface area (Å²) in [7, 11) is 0. The Balaban J connectivity index is 0.000000202. The van der Waals surface area contributed by atoms with E-state index < -0.39 is 40.2 Å². The quantitative estimate of drug-likeness (QED) is 0.210. The molecule has 11 nitrogen and oxygen atoms in total. The molecule has 6 rings (SSSR count). The molecule has 4 saturated carbocycles. The van der Waals surface area contributed by atoms with Gasteiger partial charge >= 0.3 is 23.9 Å². The molecule has 1 N–H and O–H groups in total. The molecule has 0 aromatic heterocycles. The van der Waals surface area contributed by atoms with E-state index in [9.17, 15) is 24.3 Å². The second-order valence-corrected chi connectivity index (χ2v) is 17.0. The predicted molar refractivity (Wildman–Crippen MR) is 182 cm³/mol. The molecule has 4 bridgehead atoms. The van der Waals surface area contributed by atoms with Gasteiger partial charge in [0.25, 0.3) is 0 Å². The molecule has 6 fully saturated rings. The van der Waals surface area contributed by atoms with Crippen molar-refractivity contribution in [3.63, 3.8) is 0 Å². The lowest BCUT2D eigenvalue weighted by Gasteiger charge is -2.59. The van der Waals surface area contributed by atoms with Crippen molar-refractivity contribution in [2.75, 3.05) is 13.2 Å². The Kier molecular flexibility index (Phi) is 13.4. The SMILES string of the molecule is CCC(C)(C)C(=O)OC12CC3CC(CC(O)(C3)C1)C2.CCC(C)(C)C(=O)OC1CCOC1=O.CCC(C)(C)C(=O)OC1COC(C)C(C)O1. The molecule has 0 radical (unpaired) electrons. The first-order valence-corrected chi connectivity index (χ1v) is 18.4. The third-order valence-electron chi connectivity index (χ3n) is 11.5. The zero-order valence-corrected chi connectivity index (χ0v) is 32.0. The molecular formula is C38H64O11. The number of rotatable bonds is 9. The van der Waals surface area contributed by atoms with Crippen LogP contribution in [-0.2, 0) is 47.6 Å². The average molecular weight is 697 g/mol. The van der Waals surface area contributed by atoms with Crippen molar-refractivity contribution >= 4 is 23.9 Å². The number of carbonyl (C=O) groups is 4. The molecule has 6 unspecified atom stereocenters. The van der Waals surface area contributed by atoms with Gasteiger partial charge in [0.05, 0.1) is 40.7 Å². The number of esters is 4. The van der Waals surface area contributed by atoms with Crippen molar-refractivity contribution in [2.45, 2.75) is 176 Å². The van der Waals surface area contributed by atoms with Crippen molar-refractivity contribution in [3.05, 3.63) is 0 Å². The van der Waals surface area contributed by atoms with Crippen LogP contribution in [0.2, 0.25) is 0 Å². The van der Waals surface area contributed by atoms with Crippen LogP contribution in [0.4, 0.5) is 0 Å². The minimum atomic E-state index is -0.687. The van der Waals surface area contributed by atoms with Crippen molar-refractivity contribution in [1.82, 2.24) is 0 Å². The molecule has 0 spiro atoms. The van der Waals surface area contributed by atoms with Crippen molar-refractivity contribution in [3.8, 4) is 0 Å². The topological polar surface area (TPSA) is 144 Å². The van der Waals surface area contributed by atoms with Crippen molar-refractivity contribution in [1.29, 1.82) is 0 Å². The summed E-state index contributed by atoms with van der Waals surface area (Å²) in [5.41, 5.74) is -2.31. The van der Waals surface area contributed by atoms with E-state index in [1.165, 1.54) is 6.42 Å². The summed E-state index contributed by atoms with van der Waals surface area (Å²) in [6.07, 6.45) is 7.11. The van der Waals surface area contributed by atoms with Gasteiger partial charge in [-0.05, 0) is 119 Å². The van der Waals surface area contributed by atoms with E-state index in [4.69, 9.17) is 28.4 Å². The smallest absolute Gasteiger partial charge is 0.347 e. The summed E-state index contributed by atoms with van der Waals surface area (Å²) in [6, 6.07) is 0. The van der Waals surface area contributed by atoms with Crippen LogP contribution < -0.4 is 0 Å². The lowest BCUT2D eigenvalue weighted by molar-refractivity contribution is -0.256. The van der Waals surface area contributed by atoms with Gasteiger partial charge in [-0.15, -0.1) is 0 Å². The van der Waals surface area contributed by atoms with Crippen molar-refractivity contribution in [2.24, 2.45) is 28.1 Å². The Morgan fingerprint density at radius 2 is 1.31 bits per heavy atom. The molecule has 11 heteroatoms. The van der Waals surface area contributed by atoms with Crippen LogP contribution in [0.5, 0.6) is 0 Å². The van der Waals surface area contributed by atoms with Crippen LogP contribution in [0.1, 0.15) is 140 Å². The van der Waals surface area contributed by atoms with E-state index in [-0.39, 0.29) is 35.7 Å². The summed E-state index contributed by atoms with van der Waals surface area (Å²) < 4.78 is 32.0. The molecule has 4 aliphatic carbocycles. The molecule has 6 atom stereocenters. The van der Waals surface area contributed by atoms with Gasteiger partial charge in [-0.25, -0.2) is 4.79 Å². The molecule has 49 heavy (non-hydrogen) atoms. The van der Waals surface area contributed by atoms with Crippen LogP contribution in [0.3, 0.4) is 0 Å². The van der Waals surface area contributed by atoms with Gasteiger partial charge < -0.3 is 33.5 Å². The van der Waals surface area contributed by atoms with Crippen LogP contribution in [0.25, 0.3) is 0 Å². The fourth-order valence-corrected chi connectivity index (χ4v) is 6.99. The summed E-state index contributed by atoms with van der Waals surface area (Å²) in [5, 5.41) is 10.6. The standard InChI is InChI=1S/C16H26O3.C12H22O4.C10H16O4/c1-4-14(2,3)13(17)19-16-8-11-5-12(9-16)7-15(18,6-11)10-16;1-6-12(4,5)11(13)16-10-7-14-8(2)9(3)15-10;1-4-10(2,3)9(12)14-7-5-6-13-8(7)11/h11-12,18H,4-10H2,1-3H3;8-10H,6-7H2,1-5H3;7H,4-6H2,1-3H3. The van der Waals surface area contributed by atoms with E-state index in [0.717, 1.165) is 38.5 Å². The summed E-state index contributed by atoms with van der Waals surface area (Å²) in [6.45, 7) is 21.7. The number of cyclic esters (lactones) is 1. The molecule has 0 amide bonds. The van der Waals surface area contributed by atoms with E-state index in [1.807, 2.05) is 62.3 Å². The lowest BCUT2D eigenvalue weighted by atomic mass is 9.52. The van der Waals surface area contributed by atoms with Gasteiger partial charge in [0, 0.05) is 12.8 Å². The van der Waals surface area contributed by atoms with E-state index in [0.29, 0.717) is 44.3 Å². The third-order valence-corrected chi connectivity index (χ3v) is 11.5. The number of ether oxygens (including phenoxy) is 6. The van der Waals surface area contributed by atoms with Crippen molar-refractivity contribution < 1.29 is 52.7 Å². The highest BCUT2D eigenvalue weighted by Gasteiger charge is 2.59. The molecular weight excluding hydrogens is 632 g/mol. The fourth-order valence-electron chi connectivity index (χ4n) is 6.99. The van der Waals surface area contributed by atoms with E-state index in [1.54, 1.807) is 13.8 Å². The second kappa shape index (κ2) is 16.0. The highest BCUT2D eigenvalue weighted by molar-refractivity contribution is 5.82. The highest BCUT2D eigenvalue weighted by atomic mass is 16.7. The molecule has 0 aromatic carbocycles. The average Bonchev–Trinajstić information content (AvgIpc) is 3.41. The summed E-state index contributed by atoms with van der Waals surface area (Å²) in [5.74, 6) is 0.0487. The Morgan fingerprint density at radius 3 is 1.76 bits per heavy atom. The van der Waals surface area contributed by atoms with Gasteiger partial charge in [0.1, 0.15) is 12.2 Å². The number of carbonyl (C=O) groups excluding carboxylic acids is 4. The molecule has 6 aliphatic rings. The third kappa shape index (κ3) is 10.6. The Morgan fingerprint density at radius 1 is 0.796 bits per heavy atom. The zero-order valence-electron chi connectivity index (χ0n) is 32.0. The second-order valence-electron chi connectivity index (χ2n) is 17.0. The Labute approximate surface area is 293 Å². The summed E-state index contributed by atoms with van der Waals surface area (Å²) in [4.78, 5) is 46.8. The monoisotopic (exact) mass is 696 g/mol. The Bertz CT molecular complexity index is 1160. The van der Waals surface area contributed by atoms with Gasteiger partial charge in [-0.1, -0.05) is 20.8 Å². The minimum absolute atomic E-state index is 0.0451. The van der Waals surface area contributed by atoms with E-state index in [2.05, 4.69) is 0 Å². The predicted octanol–water partition coefficient (Wildman–Crippen LogP) is 6.45. The molecule has 0 aromatic rings. The maximum atomic E-state index is 12.4. The zero-order chi connectivity index (χ0) is 37.0. The number of hydrogen-bond donors (Lipinski definition) is 1. The van der Waals surface area contributed by atoms with Gasteiger partial charge in [-0.3, -0.25) is 14.4 Å². The maximum absolute atomic E-state index is 12.4. The first kappa shape index (κ1) is 41.2. The molecule has 2 aliphatic heterocycles. The first-order chi connectivity index (χ1) is 22.6. The Hall–Kier alpha value is -2.24. The molecule has 2 saturated heterocycles. The van der Waals surface area contributed by atoms with Crippen LogP contribution in [-0.4, -0.2) is 78.0 Å². The van der Waals surface area contributed by atoms with Gasteiger partial charge in [0.2, 0.25) is 12.4 Å². The number of aliphatic hydroxyl groups is 1.